The van der Waals surface area contributed by atoms with E-state index in [0.29, 0.717) is 0 Å². The third-order valence-electron chi connectivity index (χ3n) is 3.53. The number of hydrogen-bond donors (Lipinski definition) is 1. The molecule has 1 fully saturated rings. The molecule has 1 amide bonds. The SMILES string of the molecule is CNCC(C)C(=O)N1CCSCC1c1ccccc1. The van der Waals surface area contributed by atoms with Crippen LogP contribution in [0, 0.1) is 5.92 Å². The van der Waals surface area contributed by atoms with Crippen LogP contribution in [0.1, 0.15) is 18.5 Å². The molecule has 1 aliphatic rings. The summed E-state index contributed by atoms with van der Waals surface area (Å²) in [7, 11) is 1.89. The Labute approximate surface area is 119 Å². The van der Waals surface area contributed by atoms with Gasteiger partial charge in [0.15, 0.2) is 0 Å². The molecule has 1 N–H and O–H groups in total. The molecular formula is C15H22N2OS. The number of nitrogens with one attached hydrogen (secondary N) is 1. The van der Waals surface area contributed by atoms with E-state index >= 15 is 0 Å². The Morgan fingerprint density at radius 3 is 2.89 bits per heavy atom. The second-order valence-corrected chi connectivity index (χ2v) is 6.14. The number of hydrogen-bond acceptors (Lipinski definition) is 3. The maximum Gasteiger partial charge on any atom is 0.227 e. The van der Waals surface area contributed by atoms with Gasteiger partial charge < -0.3 is 10.2 Å². The molecule has 2 rings (SSSR count). The normalized spacial score (nSPS) is 21.2. The van der Waals surface area contributed by atoms with Crippen LogP contribution in [0.4, 0.5) is 0 Å². The van der Waals surface area contributed by atoms with Crippen molar-refractivity contribution in [3.63, 3.8) is 0 Å². The van der Waals surface area contributed by atoms with E-state index < -0.39 is 0 Å². The summed E-state index contributed by atoms with van der Waals surface area (Å²) in [6.45, 7) is 3.60. The van der Waals surface area contributed by atoms with Crippen molar-refractivity contribution in [3.05, 3.63) is 35.9 Å². The highest BCUT2D eigenvalue weighted by Crippen LogP contribution is 2.30. The van der Waals surface area contributed by atoms with Crippen molar-refractivity contribution in [2.75, 3.05) is 31.6 Å². The van der Waals surface area contributed by atoms with Gasteiger partial charge in [-0.25, -0.2) is 0 Å². The molecule has 2 atom stereocenters. The standard InChI is InChI=1S/C15H22N2OS/c1-12(10-16-2)15(18)17-8-9-19-11-14(17)13-6-4-3-5-7-13/h3-7,12,14,16H,8-11H2,1-2H3. The van der Waals surface area contributed by atoms with Gasteiger partial charge >= 0.3 is 0 Å². The zero-order valence-electron chi connectivity index (χ0n) is 11.6. The minimum atomic E-state index is 0.0410. The summed E-state index contributed by atoms with van der Waals surface area (Å²) in [4.78, 5) is 14.6. The summed E-state index contributed by atoms with van der Waals surface area (Å²) in [6.07, 6.45) is 0. The lowest BCUT2D eigenvalue weighted by molar-refractivity contribution is -0.136. The number of carbonyl (C=O) groups excluding carboxylic acids is 1. The molecule has 104 valence electrons. The smallest absolute Gasteiger partial charge is 0.227 e. The second kappa shape index (κ2) is 6.96. The van der Waals surface area contributed by atoms with Gasteiger partial charge in [-0.05, 0) is 12.6 Å². The first-order valence-corrected chi connectivity index (χ1v) is 7.97. The topological polar surface area (TPSA) is 32.3 Å². The Morgan fingerprint density at radius 2 is 2.21 bits per heavy atom. The third-order valence-corrected chi connectivity index (χ3v) is 4.55. The zero-order valence-corrected chi connectivity index (χ0v) is 12.5. The molecule has 1 aromatic carbocycles. The van der Waals surface area contributed by atoms with E-state index in [9.17, 15) is 4.79 Å². The van der Waals surface area contributed by atoms with Gasteiger partial charge in [0, 0.05) is 30.5 Å². The molecule has 1 aromatic rings. The molecule has 2 unspecified atom stereocenters. The van der Waals surface area contributed by atoms with Gasteiger partial charge in [0.2, 0.25) is 5.91 Å². The van der Waals surface area contributed by atoms with Crippen LogP contribution in [-0.2, 0) is 4.79 Å². The van der Waals surface area contributed by atoms with Crippen LogP contribution in [0.25, 0.3) is 0 Å². The van der Waals surface area contributed by atoms with Crippen molar-refractivity contribution in [1.82, 2.24) is 10.2 Å². The van der Waals surface area contributed by atoms with Crippen molar-refractivity contribution in [2.45, 2.75) is 13.0 Å². The molecule has 0 aromatic heterocycles. The number of amides is 1. The van der Waals surface area contributed by atoms with E-state index in [4.69, 9.17) is 0 Å². The van der Waals surface area contributed by atoms with Crippen LogP contribution in [0.15, 0.2) is 30.3 Å². The first kappa shape index (κ1) is 14.4. The predicted octanol–water partition coefficient (Wildman–Crippen LogP) is 2.16. The van der Waals surface area contributed by atoms with Gasteiger partial charge in [-0.2, -0.15) is 11.8 Å². The first-order valence-electron chi connectivity index (χ1n) is 6.81. The molecule has 0 spiro atoms. The lowest BCUT2D eigenvalue weighted by Gasteiger charge is -2.37. The highest BCUT2D eigenvalue weighted by molar-refractivity contribution is 7.99. The Morgan fingerprint density at radius 1 is 1.47 bits per heavy atom. The average Bonchev–Trinajstić information content (AvgIpc) is 2.47. The van der Waals surface area contributed by atoms with Crippen molar-refractivity contribution < 1.29 is 4.79 Å². The summed E-state index contributed by atoms with van der Waals surface area (Å²) in [5.74, 6) is 2.35. The predicted molar refractivity (Wildman–Crippen MR) is 81.3 cm³/mol. The second-order valence-electron chi connectivity index (χ2n) is 4.99. The number of benzene rings is 1. The molecule has 1 heterocycles. The molecule has 19 heavy (non-hydrogen) atoms. The van der Waals surface area contributed by atoms with Gasteiger partial charge in [-0.1, -0.05) is 37.3 Å². The monoisotopic (exact) mass is 278 g/mol. The van der Waals surface area contributed by atoms with E-state index in [1.165, 1.54) is 5.56 Å². The minimum absolute atomic E-state index is 0.0410. The molecule has 3 nitrogen and oxygen atoms in total. The van der Waals surface area contributed by atoms with Crippen LogP contribution >= 0.6 is 11.8 Å². The number of thioether (sulfide) groups is 1. The number of nitrogens with zero attached hydrogens (tertiary/aromatic N) is 1. The Hall–Kier alpha value is -1.00. The van der Waals surface area contributed by atoms with Crippen LogP contribution in [0.5, 0.6) is 0 Å². The van der Waals surface area contributed by atoms with Crippen LogP contribution in [0.3, 0.4) is 0 Å². The molecule has 0 saturated carbocycles. The van der Waals surface area contributed by atoms with Gasteiger partial charge in [0.25, 0.3) is 0 Å². The maximum absolute atomic E-state index is 12.5. The van der Waals surface area contributed by atoms with Crippen LogP contribution < -0.4 is 5.32 Å². The van der Waals surface area contributed by atoms with Gasteiger partial charge in [0.05, 0.1) is 6.04 Å². The Balaban J connectivity index is 2.14. The lowest BCUT2D eigenvalue weighted by Crippen LogP contribution is -2.45. The highest BCUT2D eigenvalue weighted by atomic mass is 32.2. The van der Waals surface area contributed by atoms with Gasteiger partial charge in [0.1, 0.15) is 0 Å². The third kappa shape index (κ3) is 3.51. The van der Waals surface area contributed by atoms with E-state index in [2.05, 4.69) is 22.3 Å². The van der Waals surface area contributed by atoms with Crippen LogP contribution in [0.2, 0.25) is 0 Å². The average molecular weight is 278 g/mol. The van der Waals surface area contributed by atoms with Crippen molar-refractivity contribution in [2.24, 2.45) is 5.92 Å². The maximum atomic E-state index is 12.5. The quantitative estimate of drug-likeness (QED) is 0.916. The molecule has 0 bridgehead atoms. The minimum Gasteiger partial charge on any atom is -0.334 e. The largest absolute Gasteiger partial charge is 0.334 e. The summed E-state index contributed by atoms with van der Waals surface area (Å²) in [5, 5.41) is 3.09. The van der Waals surface area contributed by atoms with Crippen molar-refractivity contribution >= 4 is 17.7 Å². The summed E-state index contributed by atoms with van der Waals surface area (Å²) >= 11 is 1.93. The molecule has 4 heteroatoms. The van der Waals surface area contributed by atoms with Crippen molar-refractivity contribution in [1.29, 1.82) is 0 Å². The van der Waals surface area contributed by atoms with Gasteiger partial charge in [-0.3, -0.25) is 4.79 Å². The zero-order chi connectivity index (χ0) is 13.7. The first-order chi connectivity index (χ1) is 9.24. The fourth-order valence-corrected chi connectivity index (χ4v) is 3.58. The molecule has 0 radical (unpaired) electrons. The Bertz CT molecular complexity index is 410. The number of rotatable bonds is 4. The van der Waals surface area contributed by atoms with E-state index in [-0.39, 0.29) is 17.9 Å². The summed E-state index contributed by atoms with van der Waals surface area (Å²) < 4.78 is 0. The van der Waals surface area contributed by atoms with Gasteiger partial charge in [-0.15, -0.1) is 0 Å². The highest BCUT2D eigenvalue weighted by Gasteiger charge is 2.30. The number of carbonyl (C=O) groups is 1. The van der Waals surface area contributed by atoms with E-state index in [1.54, 1.807) is 0 Å². The molecular weight excluding hydrogens is 256 g/mol. The lowest BCUT2D eigenvalue weighted by atomic mass is 10.0. The van der Waals surface area contributed by atoms with E-state index in [1.807, 2.05) is 43.9 Å². The molecule has 0 aliphatic carbocycles. The fraction of sp³-hybridized carbons (Fsp3) is 0.533. The van der Waals surface area contributed by atoms with Crippen molar-refractivity contribution in [3.8, 4) is 0 Å². The summed E-state index contributed by atoms with van der Waals surface area (Å²) in [5.41, 5.74) is 1.25. The van der Waals surface area contributed by atoms with Crippen LogP contribution in [-0.4, -0.2) is 42.4 Å². The Kier molecular flexibility index (Phi) is 5.28. The molecule has 1 aliphatic heterocycles. The summed E-state index contributed by atoms with van der Waals surface area (Å²) in [6, 6.07) is 10.6. The fourth-order valence-electron chi connectivity index (χ4n) is 2.50. The van der Waals surface area contributed by atoms with E-state index in [0.717, 1.165) is 24.6 Å². The molecule has 1 saturated heterocycles.